The van der Waals surface area contributed by atoms with Crippen molar-refractivity contribution >= 4 is 34.6 Å². The average Bonchev–Trinajstić information content (AvgIpc) is 2.77. The number of alkyl halides is 6. The predicted octanol–water partition coefficient (Wildman–Crippen LogP) is 5.53. The summed E-state index contributed by atoms with van der Waals surface area (Å²) in [7, 11) is 0. The molecule has 0 N–H and O–H groups in total. The fraction of sp³-hybridized carbons (Fsp3) is 0.263. The summed E-state index contributed by atoms with van der Waals surface area (Å²) in [6.45, 7) is 1.13. The lowest BCUT2D eigenvalue weighted by atomic mass is 10.1. The lowest BCUT2D eigenvalue weighted by Crippen LogP contribution is -2.30. The minimum Gasteiger partial charge on any atom is -0.466 e. The van der Waals surface area contributed by atoms with E-state index in [0.29, 0.717) is 24.3 Å². The molecule has 0 spiro atoms. The Labute approximate surface area is 201 Å². The second-order valence-electron chi connectivity index (χ2n) is 6.79. The Balaban J connectivity index is 2.72. The van der Waals surface area contributed by atoms with E-state index in [2.05, 4.69) is 15.1 Å². The van der Waals surface area contributed by atoms with Crippen LogP contribution in [0, 0.1) is 20.2 Å². The molecule has 0 radical (unpaired) electrons. The van der Waals surface area contributed by atoms with Gasteiger partial charge in [-0.15, -0.1) is 5.11 Å². The Morgan fingerprint density at radius 2 is 1.43 bits per heavy atom. The van der Waals surface area contributed by atoms with Gasteiger partial charge in [0.1, 0.15) is 12.1 Å². The molecule has 0 unspecified atom stereocenters. The largest absolute Gasteiger partial charge is 0.466 e. The van der Waals surface area contributed by atoms with Crippen molar-refractivity contribution in [2.75, 3.05) is 11.6 Å². The summed E-state index contributed by atoms with van der Waals surface area (Å²) >= 11 is 0. The van der Waals surface area contributed by atoms with Gasteiger partial charge in [-0.25, -0.2) is 0 Å². The zero-order chi connectivity index (χ0) is 28.1. The van der Waals surface area contributed by atoms with E-state index in [1.807, 2.05) is 0 Å². The average molecular weight is 537 g/mol. The Hall–Kier alpha value is -4.64. The topological polar surface area (TPSA) is 158 Å². The normalized spacial score (nSPS) is 11.9. The molecule has 0 saturated heterocycles. The second-order valence-corrected chi connectivity index (χ2v) is 6.79. The van der Waals surface area contributed by atoms with Crippen molar-refractivity contribution < 1.29 is 50.5 Å². The third-order valence-electron chi connectivity index (χ3n) is 4.30. The summed E-state index contributed by atoms with van der Waals surface area (Å²) in [6.07, 6.45) is -11.8. The summed E-state index contributed by atoms with van der Waals surface area (Å²) < 4.78 is 85.8. The van der Waals surface area contributed by atoms with Gasteiger partial charge in [0.05, 0.1) is 33.3 Å². The van der Waals surface area contributed by atoms with Gasteiger partial charge in [-0.1, -0.05) is 5.22 Å². The number of nitro groups is 2. The molecule has 0 aromatic heterocycles. The summed E-state index contributed by atoms with van der Waals surface area (Å²) in [4.78, 5) is 43.8. The second kappa shape index (κ2) is 11.0. The number of amides is 1. The molecule has 0 aliphatic heterocycles. The molecule has 0 saturated carbocycles. The molecule has 18 heteroatoms. The highest BCUT2D eigenvalue weighted by atomic mass is 19.4. The maximum absolute atomic E-state index is 13.7. The van der Waals surface area contributed by atoms with Crippen molar-refractivity contribution in [2.45, 2.75) is 25.7 Å². The van der Waals surface area contributed by atoms with Crippen molar-refractivity contribution in [3.05, 3.63) is 67.8 Å². The van der Waals surface area contributed by atoms with Crippen LogP contribution >= 0.6 is 0 Å². The van der Waals surface area contributed by atoms with Crippen LogP contribution in [0.1, 0.15) is 24.5 Å². The highest BCUT2D eigenvalue weighted by molar-refractivity contribution is 6.03. The third kappa shape index (κ3) is 7.18. The van der Waals surface area contributed by atoms with Crippen LogP contribution in [0.3, 0.4) is 0 Å². The molecule has 0 atom stereocenters. The number of halogens is 6. The lowest BCUT2D eigenvalue weighted by molar-refractivity contribution is -0.385. The SMILES string of the molecule is CCOC(=O)CC(=O)N(N=Nc1ccc([N+](=O)[O-])cc1C(F)(F)F)c1ccc([N+](=O)[O-])cc1C(F)(F)F. The third-order valence-corrected chi connectivity index (χ3v) is 4.30. The fourth-order valence-electron chi connectivity index (χ4n) is 2.74. The summed E-state index contributed by atoms with van der Waals surface area (Å²) in [5.41, 5.74) is -7.86. The molecule has 1 amide bonds. The first-order chi connectivity index (χ1) is 17.1. The van der Waals surface area contributed by atoms with E-state index in [4.69, 9.17) is 0 Å². The van der Waals surface area contributed by atoms with Gasteiger partial charge in [0, 0.05) is 24.3 Å². The maximum atomic E-state index is 13.7. The molecule has 2 aromatic rings. The van der Waals surface area contributed by atoms with Crippen molar-refractivity contribution in [1.82, 2.24) is 0 Å². The Bertz CT molecular complexity index is 1260. The van der Waals surface area contributed by atoms with Gasteiger partial charge in [-0.05, 0) is 19.1 Å². The van der Waals surface area contributed by atoms with Gasteiger partial charge >= 0.3 is 18.3 Å². The number of hydrogen-bond acceptors (Lipinski definition) is 9. The van der Waals surface area contributed by atoms with E-state index in [1.165, 1.54) is 6.92 Å². The molecule has 0 aliphatic rings. The first kappa shape index (κ1) is 28.6. The van der Waals surface area contributed by atoms with E-state index in [1.54, 1.807) is 0 Å². The minimum atomic E-state index is -5.33. The predicted molar refractivity (Wildman–Crippen MR) is 109 cm³/mol. The zero-order valence-corrected chi connectivity index (χ0v) is 18.2. The molecule has 0 heterocycles. The summed E-state index contributed by atoms with van der Waals surface area (Å²) in [5.74, 6) is -2.77. The van der Waals surface area contributed by atoms with Crippen molar-refractivity contribution in [1.29, 1.82) is 0 Å². The Morgan fingerprint density at radius 3 is 1.92 bits per heavy atom. The zero-order valence-electron chi connectivity index (χ0n) is 18.2. The maximum Gasteiger partial charge on any atom is 0.418 e. The van der Waals surface area contributed by atoms with Gasteiger partial charge in [-0.3, -0.25) is 29.8 Å². The van der Waals surface area contributed by atoms with E-state index in [-0.39, 0.29) is 23.7 Å². The number of anilines is 1. The summed E-state index contributed by atoms with van der Waals surface area (Å²) in [5, 5.41) is 27.9. The first-order valence-electron chi connectivity index (χ1n) is 9.67. The molecule has 12 nitrogen and oxygen atoms in total. The summed E-state index contributed by atoms with van der Waals surface area (Å²) in [6, 6.07) is 2.20. The van der Waals surface area contributed by atoms with Gasteiger partial charge in [0.15, 0.2) is 0 Å². The van der Waals surface area contributed by atoms with Gasteiger partial charge < -0.3 is 4.74 Å². The molecular formula is C19H13F6N5O7. The number of nitrogens with zero attached hydrogens (tertiary/aromatic N) is 5. The Morgan fingerprint density at radius 1 is 0.919 bits per heavy atom. The number of nitro benzene ring substituents is 2. The van der Waals surface area contributed by atoms with Crippen molar-refractivity contribution in [2.24, 2.45) is 10.3 Å². The van der Waals surface area contributed by atoms with Crippen LogP contribution in [0.2, 0.25) is 0 Å². The smallest absolute Gasteiger partial charge is 0.418 e. The number of benzene rings is 2. The van der Waals surface area contributed by atoms with E-state index in [0.717, 1.165) is 0 Å². The van der Waals surface area contributed by atoms with Crippen molar-refractivity contribution in [3.63, 3.8) is 0 Å². The van der Waals surface area contributed by atoms with Crippen LogP contribution in [0.4, 0.5) is 49.1 Å². The number of ether oxygens (including phenoxy) is 1. The molecule has 0 aliphatic carbocycles. The van der Waals surface area contributed by atoms with Gasteiger partial charge in [0.2, 0.25) is 0 Å². The highest BCUT2D eigenvalue weighted by Gasteiger charge is 2.39. The van der Waals surface area contributed by atoms with E-state index in [9.17, 15) is 56.2 Å². The van der Waals surface area contributed by atoms with E-state index >= 15 is 0 Å². The monoisotopic (exact) mass is 537 g/mol. The lowest BCUT2D eigenvalue weighted by Gasteiger charge is -2.20. The van der Waals surface area contributed by atoms with Crippen LogP contribution in [0.25, 0.3) is 0 Å². The number of rotatable bonds is 8. The van der Waals surface area contributed by atoms with Crippen LogP contribution in [-0.4, -0.2) is 28.3 Å². The van der Waals surface area contributed by atoms with Crippen LogP contribution < -0.4 is 5.01 Å². The fourth-order valence-corrected chi connectivity index (χ4v) is 2.74. The molecule has 198 valence electrons. The van der Waals surface area contributed by atoms with E-state index < -0.39 is 74.4 Å². The highest BCUT2D eigenvalue weighted by Crippen LogP contribution is 2.41. The number of carbonyl (C=O) groups is 2. The van der Waals surface area contributed by atoms with Crippen LogP contribution in [-0.2, 0) is 26.7 Å². The minimum absolute atomic E-state index is 0.0442. The molecule has 0 fully saturated rings. The van der Waals surface area contributed by atoms with Gasteiger partial charge in [-0.2, -0.15) is 31.4 Å². The molecule has 37 heavy (non-hydrogen) atoms. The number of esters is 1. The number of hydrogen-bond donors (Lipinski definition) is 0. The van der Waals surface area contributed by atoms with Crippen molar-refractivity contribution in [3.8, 4) is 0 Å². The Kier molecular flexibility index (Phi) is 8.47. The van der Waals surface area contributed by atoms with Crippen LogP contribution in [0.15, 0.2) is 46.7 Å². The van der Waals surface area contributed by atoms with Gasteiger partial charge in [0.25, 0.3) is 17.3 Å². The molecule has 0 bridgehead atoms. The number of carbonyl (C=O) groups excluding carboxylic acids is 2. The first-order valence-corrected chi connectivity index (χ1v) is 9.67. The molecule has 2 rings (SSSR count). The number of non-ortho nitro benzene ring substituents is 2. The standard InChI is InChI=1S/C19H13F6N5O7/c1-2-37-17(32)9-16(31)28(15-6-4-11(30(35)36)8-13(15)19(23,24)25)27-26-14-5-3-10(29(33)34)7-12(14)18(20,21)22/h3-8H,2,9H2,1H3. The van der Waals surface area contributed by atoms with Crippen LogP contribution in [0.5, 0.6) is 0 Å². The quantitative estimate of drug-likeness (QED) is 0.107. The molecule has 2 aromatic carbocycles. The molecular weight excluding hydrogens is 524 g/mol.